The standard InChI is InChI=1S/C28H58O3S.K/c1-3-5-7-9-11-12-13-14-15-16-17-18-19-21-23-25-27-28(32(29,30)31)26-24-22-20-10-8-6-4-2;/h28H,3-27H2,1-2H3,(H,29,30,31);/q;+1/p-1. The minimum atomic E-state index is -4.14. The van der Waals surface area contributed by atoms with E-state index < -0.39 is 15.4 Å². The minimum Gasteiger partial charge on any atom is -0.748 e. The van der Waals surface area contributed by atoms with Gasteiger partial charge >= 0.3 is 51.4 Å². The summed E-state index contributed by atoms with van der Waals surface area (Å²) in [6.07, 6.45) is 30.3. The number of rotatable bonds is 26. The average Bonchev–Trinajstić information content (AvgIpc) is 2.75. The van der Waals surface area contributed by atoms with Gasteiger partial charge in [0.1, 0.15) is 0 Å². The zero-order chi connectivity index (χ0) is 23.8. The van der Waals surface area contributed by atoms with E-state index in [4.69, 9.17) is 0 Å². The normalized spacial score (nSPS) is 12.6. The molecule has 0 spiro atoms. The fraction of sp³-hybridized carbons (Fsp3) is 1.00. The van der Waals surface area contributed by atoms with Crippen LogP contribution < -0.4 is 51.4 Å². The van der Waals surface area contributed by atoms with Gasteiger partial charge in [-0.05, 0) is 12.8 Å². The predicted octanol–water partition coefficient (Wildman–Crippen LogP) is 6.70. The molecule has 0 aliphatic rings. The molecule has 1 atom stereocenters. The van der Waals surface area contributed by atoms with Crippen LogP contribution >= 0.6 is 0 Å². The van der Waals surface area contributed by atoms with Crippen LogP contribution in [0.3, 0.4) is 0 Å². The van der Waals surface area contributed by atoms with E-state index in [1.54, 1.807) is 0 Å². The van der Waals surface area contributed by atoms with Crippen LogP contribution in [0.4, 0.5) is 0 Å². The maximum atomic E-state index is 11.6. The van der Waals surface area contributed by atoms with E-state index in [9.17, 15) is 13.0 Å². The molecule has 0 aliphatic carbocycles. The molecule has 0 fully saturated rings. The Morgan fingerprint density at radius 2 is 0.667 bits per heavy atom. The van der Waals surface area contributed by atoms with Gasteiger partial charge in [-0.15, -0.1) is 0 Å². The first kappa shape index (κ1) is 36.7. The SMILES string of the molecule is CCCCCCCCCCCCCCCCCCC(CCCCCCCCC)S(=O)(=O)[O-].[K+]. The van der Waals surface area contributed by atoms with Crippen molar-refractivity contribution in [3.8, 4) is 0 Å². The summed E-state index contributed by atoms with van der Waals surface area (Å²) in [7, 11) is -4.14. The summed E-state index contributed by atoms with van der Waals surface area (Å²) in [4.78, 5) is 0. The second kappa shape index (κ2) is 28.1. The van der Waals surface area contributed by atoms with Gasteiger partial charge in [0, 0.05) is 5.25 Å². The molecule has 0 radical (unpaired) electrons. The van der Waals surface area contributed by atoms with Crippen LogP contribution in [0, 0.1) is 0 Å². The smallest absolute Gasteiger partial charge is 0.748 e. The zero-order valence-corrected chi connectivity index (χ0v) is 26.8. The summed E-state index contributed by atoms with van der Waals surface area (Å²) in [5.41, 5.74) is 0. The maximum Gasteiger partial charge on any atom is 1.00 e. The van der Waals surface area contributed by atoms with E-state index in [0.29, 0.717) is 12.8 Å². The van der Waals surface area contributed by atoms with E-state index in [2.05, 4.69) is 13.8 Å². The Labute approximate surface area is 251 Å². The summed E-state index contributed by atoms with van der Waals surface area (Å²) in [6, 6.07) is 0. The van der Waals surface area contributed by atoms with Gasteiger partial charge in [-0.3, -0.25) is 0 Å². The molecular weight excluding hydrogens is 455 g/mol. The fourth-order valence-corrected chi connectivity index (χ4v) is 5.59. The Bertz CT molecular complexity index is 468. The molecule has 0 aromatic heterocycles. The van der Waals surface area contributed by atoms with Crippen LogP contribution in [0.2, 0.25) is 0 Å². The Hall–Kier alpha value is 1.55. The molecule has 0 aromatic carbocycles. The minimum absolute atomic E-state index is 0. The van der Waals surface area contributed by atoms with Gasteiger partial charge < -0.3 is 4.55 Å². The van der Waals surface area contributed by atoms with Crippen molar-refractivity contribution in [2.24, 2.45) is 0 Å². The summed E-state index contributed by atoms with van der Waals surface area (Å²) in [6.45, 7) is 4.48. The molecule has 0 saturated heterocycles. The van der Waals surface area contributed by atoms with E-state index in [1.807, 2.05) is 0 Å². The van der Waals surface area contributed by atoms with Gasteiger partial charge in [-0.1, -0.05) is 162 Å². The third kappa shape index (κ3) is 28.0. The largest absolute Gasteiger partial charge is 1.00 e. The van der Waals surface area contributed by atoms with Crippen LogP contribution in [0.25, 0.3) is 0 Å². The Morgan fingerprint density at radius 1 is 0.455 bits per heavy atom. The maximum absolute atomic E-state index is 11.6. The zero-order valence-electron chi connectivity index (χ0n) is 22.9. The summed E-state index contributed by atoms with van der Waals surface area (Å²) >= 11 is 0. The van der Waals surface area contributed by atoms with Crippen molar-refractivity contribution in [2.75, 3.05) is 0 Å². The summed E-state index contributed by atoms with van der Waals surface area (Å²) in [5.74, 6) is 0. The van der Waals surface area contributed by atoms with Gasteiger partial charge in [0.05, 0.1) is 10.1 Å². The van der Waals surface area contributed by atoms with Crippen LogP contribution in [-0.2, 0) is 10.1 Å². The van der Waals surface area contributed by atoms with Crippen molar-refractivity contribution in [1.29, 1.82) is 0 Å². The fourth-order valence-electron chi connectivity index (χ4n) is 4.68. The molecule has 0 N–H and O–H groups in total. The van der Waals surface area contributed by atoms with Crippen molar-refractivity contribution in [2.45, 2.75) is 180 Å². The predicted molar refractivity (Wildman–Crippen MR) is 140 cm³/mol. The van der Waals surface area contributed by atoms with Gasteiger partial charge in [-0.25, -0.2) is 8.42 Å². The first-order chi connectivity index (χ1) is 15.5. The third-order valence-electron chi connectivity index (χ3n) is 6.92. The van der Waals surface area contributed by atoms with Gasteiger partial charge in [0.15, 0.2) is 0 Å². The second-order valence-electron chi connectivity index (χ2n) is 10.1. The third-order valence-corrected chi connectivity index (χ3v) is 8.21. The molecule has 1 unspecified atom stereocenters. The summed E-state index contributed by atoms with van der Waals surface area (Å²) < 4.78 is 34.7. The van der Waals surface area contributed by atoms with Crippen LogP contribution in [0.5, 0.6) is 0 Å². The molecule has 0 aliphatic heterocycles. The molecule has 0 saturated carbocycles. The van der Waals surface area contributed by atoms with Crippen molar-refractivity contribution < 1.29 is 64.4 Å². The van der Waals surface area contributed by atoms with Crippen molar-refractivity contribution in [3.63, 3.8) is 0 Å². The van der Waals surface area contributed by atoms with Crippen LogP contribution in [0.15, 0.2) is 0 Å². The monoisotopic (exact) mass is 512 g/mol. The van der Waals surface area contributed by atoms with Crippen LogP contribution in [-0.4, -0.2) is 18.2 Å². The Kier molecular flexibility index (Phi) is 31.3. The molecule has 33 heavy (non-hydrogen) atoms. The molecule has 0 aromatic rings. The number of hydrogen-bond acceptors (Lipinski definition) is 3. The molecule has 194 valence electrons. The van der Waals surface area contributed by atoms with Crippen molar-refractivity contribution in [3.05, 3.63) is 0 Å². The van der Waals surface area contributed by atoms with Gasteiger partial charge in [0.25, 0.3) is 0 Å². The van der Waals surface area contributed by atoms with Gasteiger partial charge in [0.2, 0.25) is 0 Å². The molecule has 0 amide bonds. The molecule has 0 rings (SSSR count). The number of hydrogen-bond donors (Lipinski definition) is 0. The quantitative estimate of drug-likeness (QED) is 0.0736. The Balaban J connectivity index is 0. The number of unbranched alkanes of at least 4 members (excludes halogenated alkanes) is 21. The molecular formula is C28H57KO3S. The molecule has 3 nitrogen and oxygen atoms in total. The molecule has 5 heteroatoms. The van der Waals surface area contributed by atoms with Crippen molar-refractivity contribution >= 4 is 10.1 Å². The van der Waals surface area contributed by atoms with Gasteiger partial charge in [-0.2, -0.15) is 0 Å². The van der Waals surface area contributed by atoms with E-state index >= 15 is 0 Å². The summed E-state index contributed by atoms with van der Waals surface area (Å²) in [5, 5.41) is -0.648. The topological polar surface area (TPSA) is 57.2 Å². The van der Waals surface area contributed by atoms with Crippen molar-refractivity contribution in [1.82, 2.24) is 0 Å². The van der Waals surface area contributed by atoms with E-state index in [0.717, 1.165) is 25.7 Å². The Morgan fingerprint density at radius 3 is 0.879 bits per heavy atom. The first-order valence-corrected chi connectivity index (χ1v) is 15.9. The average molecular weight is 513 g/mol. The van der Waals surface area contributed by atoms with E-state index in [-0.39, 0.29) is 51.4 Å². The van der Waals surface area contributed by atoms with E-state index in [1.165, 1.54) is 122 Å². The molecule has 0 heterocycles. The first-order valence-electron chi connectivity index (χ1n) is 14.5. The second-order valence-corrected chi connectivity index (χ2v) is 11.8. The van der Waals surface area contributed by atoms with Crippen LogP contribution in [0.1, 0.15) is 174 Å². The molecule has 0 bridgehead atoms.